The normalized spacial score (nSPS) is 10.1. The van der Waals surface area contributed by atoms with Crippen LogP contribution in [0.3, 0.4) is 0 Å². The van der Waals surface area contributed by atoms with Crippen molar-refractivity contribution in [1.29, 1.82) is 0 Å². The SMILES string of the molecule is C=C(NNC(=O)Cc1cccn1C)c1ccc(O)cc1. The molecule has 0 atom stereocenters. The second-order valence-corrected chi connectivity index (χ2v) is 4.49. The van der Waals surface area contributed by atoms with Gasteiger partial charge in [0.1, 0.15) is 5.75 Å². The van der Waals surface area contributed by atoms with Crippen LogP contribution in [0.4, 0.5) is 0 Å². The summed E-state index contributed by atoms with van der Waals surface area (Å²) < 4.78 is 1.90. The van der Waals surface area contributed by atoms with E-state index < -0.39 is 0 Å². The number of aryl methyl sites for hydroxylation is 1. The monoisotopic (exact) mass is 271 g/mol. The van der Waals surface area contributed by atoms with Crippen molar-refractivity contribution in [3.8, 4) is 5.75 Å². The second kappa shape index (κ2) is 5.97. The number of aromatic hydroxyl groups is 1. The van der Waals surface area contributed by atoms with Crippen LogP contribution in [0.5, 0.6) is 5.75 Å². The van der Waals surface area contributed by atoms with Crippen molar-refractivity contribution in [2.45, 2.75) is 6.42 Å². The van der Waals surface area contributed by atoms with Crippen LogP contribution in [0, 0.1) is 0 Å². The highest BCUT2D eigenvalue weighted by atomic mass is 16.3. The molecule has 0 bridgehead atoms. The molecule has 0 aliphatic heterocycles. The number of carbonyl (C=O) groups is 1. The van der Waals surface area contributed by atoms with Crippen molar-refractivity contribution >= 4 is 11.6 Å². The Kier molecular flexibility index (Phi) is 4.10. The number of nitrogens with one attached hydrogen (secondary N) is 2. The summed E-state index contributed by atoms with van der Waals surface area (Å²) in [5.74, 6) is 0.0426. The van der Waals surface area contributed by atoms with Gasteiger partial charge in [-0.1, -0.05) is 6.58 Å². The molecule has 1 aromatic heterocycles. The number of hydrogen-bond acceptors (Lipinski definition) is 3. The molecule has 0 fully saturated rings. The van der Waals surface area contributed by atoms with Crippen LogP contribution >= 0.6 is 0 Å². The first-order valence-electron chi connectivity index (χ1n) is 6.19. The Bertz CT molecular complexity index is 614. The molecule has 0 unspecified atom stereocenters. The first-order valence-corrected chi connectivity index (χ1v) is 6.19. The van der Waals surface area contributed by atoms with E-state index in [1.165, 1.54) is 0 Å². The molecule has 1 heterocycles. The fourth-order valence-electron chi connectivity index (χ4n) is 1.77. The lowest BCUT2D eigenvalue weighted by molar-refractivity contribution is -0.121. The number of carbonyl (C=O) groups excluding carboxylic acids is 1. The summed E-state index contributed by atoms with van der Waals surface area (Å²) in [5.41, 5.74) is 7.65. The fraction of sp³-hybridized carbons (Fsp3) is 0.133. The number of benzene rings is 1. The highest BCUT2D eigenvalue weighted by Crippen LogP contribution is 2.13. The summed E-state index contributed by atoms with van der Waals surface area (Å²) in [6, 6.07) is 10.4. The average molecular weight is 271 g/mol. The molecule has 2 rings (SSSR count). The number of phenolic OH excluding ortho intramolecular Hbond substituents is 1. The smallest absolute Gasteiger partial charge is 0.244 e. The molecule has 0 saturated carbocycles. The van der Waals surface area contributed by atoms with Crippen LogP contribution in [0.15, 0.2) is 49.2 Å². The molecule has 0 saturated heterocycles. The third-order valence-corrected chi connectivity index (χ3v) is 2.96. The third kappa shape index (κ3) is 3.41. The lowest BCUT2D eigenvalue weighted by atomic mass is 10.2. The molecule has 5 heteroatoms. The second-order valence-electron chi connectivity index (χ2n) is 4.49. The predicted octanol–water partition coefficient (Wildman–Crippen LogP) is 1.56. The summed E-state index contributed by atoms with van der Waals surface area (Å²) >= 11 is 0. The van der Waals surface area contributed by atoms with Crippen molar-refractivity contribution in [2.24, 2.45) is 7.05 Å². The van der Waals surface area contributed by atoms with Crippen LogP contribution in [-0.4, -0.2) is 15.6 Å². The number of aromatic nitrogens is 1. The van der Waals surface area contributed by atoms with E-state index in [9.17, 15) is 9.90 Å². The Balaban J connectivity index is 1.85. The van der Waals surface area contributed by atoms with Crippen LogP contribution in [0.25, 0.3) is 5.70 Å². The van der Waals surface area contributed by atoms with Crippen molar-refractivity contribution in [2.75, 3.05) is 0 Å². The summed E-state index contributed by atoms with van der Waals surface area (Å²) in [4.78, 5) is 11.8. The summed E-state index contributed by atoms with van der Waals surface area (Å²) in [5, 5.41) is 9.20. The number of rotatable bonds is 5. The molecule has 0 radical (unpaired) electrons. The van der Waals surface area contributed by atoms with Gasteiger partial charge in [-0.15, -0.1) is 0 Å². The zero-order valence-corrected chi connectivity index (χ0v) is 11.3. The van der Waals surface area contributed by atoms with Gasteiger partial charge in [-0.25, -0.2) is 0 Å². The fourth-order valence-corrected chi connectivity index (χ4v) is 1.77. The molecular formula is C15H17N3O2. The van der Waals surface area contributed by atoms with Gasteiger partial charge >= 0.3 is 0 Å². The quantitative estimate of drug-likeness (QED) is 0.723. The van der Waals surface area contributed by atoms with Crippen molar-refractivity contribution < 1.29 is 9.90 Å². The Morgan fingerprint density at radius 3 is 2.55 bits per heavy atom. The van der Waals surface area contributed by atoms with E-state index in [2.05, 4.69) is 17.4 Å². The summed E-state index contributed by atoms with van der Waals surface area (Å²) in [6.07, 6.45) is 2.19. The molecule has 104 valence electrons. The lowest BCUT2D eigenvalue weighted by Crippen LogP contribution is -2.37. The number of hydrazine groups is 1. The number of nitrogens with zero attached hydrogens (tertiary/aromatic N) is 1. The highest BCUT2D eigenvalue weighted by molar-refractivity contribution is 5.79. The topological polar surface area (TPSA) is 66.3 Å². The molecule has 1 amide bonds. The van der Waals surface area contributed by atoms with Gasteiger partial charge in [0.15, 0.2) is 0 Å². The van der Waals surface area contributed by atoms with E-state index in [0.29, 0.717) is 12.1 Å². The molecule has 0 aliphatic rings. The Morgan fingerprint density at radius 2 is 1.95 bits per heavy atom. The molecule has 3 N–H and O–H groups in total. The molecule has 1 aromatic carbocycles. The van der Waals surface area contributed by atoms with E-state index >= 15 is 0 Å². The maximum Gasteiger partial charge on any atom is 0.244 e. The number of amides is 1. The summed E-state index contributed by atoms with van der Waals surface area (Å²) in [6.45, 7) is 3.83. The van der Waals surface area contributed by atoms with E-state index in [4.69, 9.17) is 0 Å². The van der Waals surface area contributed by atoms with Crippen LogP contribution in [-0.2, 0) is 18.3 Å². The minimum atomic E-state index is -0.147. The van der Waals surface area contributed by atoms with Crippen molar-refractivity contribution in [1.82, 2.24) is 15.4 Å². The van der Waals surface area contributed by atoms with Gasteiger partial charge in [0.2, 0.25) is 5.91 Å². The minimum absolute atomic E-state index is 0.147. The molecule has 20 heavy (non-hydrogen) atoms. The van der Waals surface area contributed by atoms with Crippen molar-refractivity contribution in [3.05, 3.63) is 60.4 Å². The zero-order chi connectivity index (χ0) is 14.5. The predicted molar refractivity (Wildman–Crippen MR) is 77.5 cm³/mol. The Hall–Kier alpha value is -2.69. The standard InChI is InChI=1S/C15H17N3O2/c1-11(12-5-7-14(19)8-6-12)16-17-15(20)10-13-4-3-9-18(13)2/h3-9,16,19H,1,10H2,2H3,(H,17,20). The van der Waals surface area contributed by atoms with Crippen LogP contribution in [0.1, 0.15) is 11.3 Å². The van der Waals surface area contributed by atoms with E-state index in [-0.39, 0.29) is 11.7 Å². The molecule has 0 aliphatic carbocycles. The maximum atomic E-state index is 11.8. The van der Waals surface area contributed by atoms with Crippen LogP contribution in [0.2, 0.25) is 0 Å². The van der Waals surface area contributed by atoms with E-state index in [1.807, 2.05) is 29.9 Å². The first-order chi connectivity index (χ1) is 9.56. The van der Waals surface area contributed by atoms with E-state index in [0.717, 1.165) is 11.3 Å². The van der Waals surface area contributed by atoms with Crippen molar-refractivity contribution in [3.63, 3.8) is 0 Å². The largest absolute Gasteiger partial charge is 0.508 e. The maximum absolute atomic E-state index is 11.8. The molecule has 0 spiro atoms. The average Bonchev–Trinajstić information content (AvgIpc) is 2.82. The van der Waals surface area contributed by atoms with E-state index in [1.54, 1.807) is 24.3 Å². The van der Waals surface area contributed by atoms with Gasteiger partial charge in [-0.2, -0.15) is 0 Å². The first kappa shape index (κ1) is 13.7. The highest BCUT2D eigenvalue weighted by Gasteiger charge is 2.06. The van der Waals surface area contributed by atoms with Gasteiger partial charge in [0, 0.05) is 18.9 Å². The Labute approximate surface area is 117 Å². The van der Waals surface area contributed by atoms with Gasteiger partial charge in [0.05, 0.1) is 12.1 Å². The minimum Gasteiger partial charge on any atom is -0.508 e. The number of phenols is 1. The van der Waals surface area contributed by atoms with Gasteiger partial charge in [-0.05, 0) is 42.0 Å². The summed E-state index contributed by atoms with van der Waals surface area (Å²) in [7, 11) is 1.89. The number of hydrogen-bond donors (Lipinski definition) is 3. The zero-order valence-electron chi connectivity index (χ0n) is 11.3. The van der Waals surface area contributed by atoms with Crippen LogP contribution < -0.4 is 10.9 Å². The molecule has 5 nitrogen and oxygen atoms in total. The van der Waals surface area contributed by atoms with Gasteiger partial charge in [-0.3, -0.25) is 15.6 Å². The lowest BCUT2D eigenvalue weighted by Gasteiger charge is -2.11. The van der Waals surface area contributed by atoms with Gasteiger partial charge < -0.3 is 9.67 Å². The molecular weight excluding hydrogens is 254 g/mol. The third-order valence-electron chi connectivity index (χ3n) is 2.96. The van der Waals surface area contributed by atoms with Gasteiger partial charge in [0.25, 0.3) is 0 Å². The Morgan fingerprint density at radius 1 is 1.25 bits per heavy atom. The molecule has 2 aromatic rings.